The fourth-order valence-corrected chi connectivity index (χ4v) is 3.24. The van der Waals surface area contributed by atoms with Gasteiger partial charge in [0.25, 0.3) is 0 Å². The summed E-state index contributed by atoms with van der Waals surface area (Å²) in [4.78, 5) is 2.54. The van der Waals surface area contributed by atoms with Gasteiger partial charge in [0, 0.05) is 43.5 Å². The molecule has 0 spiro atoms. The lowest BCUT2D eigenvalue weighted by atomic mass is 9.91. The van der Waals surface area contributed by atoms with Gasteiger partial charge in [-0.2, -0.15) is 0 Å². The van der Waals surface area contributed by atoms with E-state index in [2.05, 4.69) is 36.2 Å². The summed E-state index contributed by atoms with van der Waals surface area (Å²) in [5.41, 5.74) is 2.60. The molecule has 1 aliphatic heterocycles. The van der Waals surface area contributed by atoms with Crippen LogP contribution in [0, 0.1) is 5.92 Å². The minimum Gasteiger partial charge on any atom is -0.383 e. The van der Waals surface area contributed by atoms with E-state index in [9.17, 15) is 0 Å². The van der Waals surface area contributed by atoms with Gasteiger partial charge in [-0.05, 0) is 49.4 Å². The lowest BCUT2D eigenvalue weighted by Crippen LogP contribution is -2.43. The molecule has 21 heavy (non-hydrogen) atoms. The van der Waals surface area contributed by atoms with Crippen molar-refractivity contribution in [2.75, 3.05) is 31.7 Å². The summed E-state index contributed by atoms with van der Waals surface area (Å²) in [6, 6.07) is 6.84. The van der Waals surface area contributed by atoms with Crippen LogP contribution in [0.15, 0.2) is 18.2 Å². The monoisotopic (exact) mass is 310 g/mol. The highest BCUT2D eigenvalue weighted by Gasteiger charge is 2.26. The van der Waals surface area contributed by atoms with E-state index in [1.165, 1.54) is 24.1 Å². The van der Waals surface area contributed by atoms with E-state index >= 15 is 0 Å². The first-order valence-corrected chi connectivity index (χ1v) is 8.26. The van der Waals surface area contributed by atoms with Crippen LogP contribution in [-0.4, -0.2) is 32.8 Å². The zero-order valence-electron chi connectivity index (χ0n) is 13.4. The summed E-state index contributed by atoms with van der Waals surface area (Å²) < 4.78 is 5.08. The molecule has 0 aliphatic carbocycles. The molecule has 2 unspecified atom stereocenters. The number of benzene rings is 1. The van der Waals surface area contributed by atoms with Crippen molar-refractivity contribution < 1.29 is 4.74 Å². The third-order valence-electron chi connectivity index (χ3n) is 4.52. The Labute approximate surface area is 133 Å². The molecule has 0 radical (unpaired) electrons. The normalized spacial score (nSPS) is 22.6. The molecule has 1 heterocycles. The summed E-state index contributed by atoms with van der Waals surface area (Å²) >= 11 is 6.19. The van der Waals surface area contributed by atoms with Gasteiger partial charge in [0.15, 0.2) is 0 Å². The highest BCUT2D eigenvalue weighted by atomic mass is 35.5. The van der Waals surface area contributed by atoms with Gasteiger partial charge in [0.05, 0.1) is 6.61 Å². The number of methoxy groups -OCH3 is 1. The third kappa shape index (κ3) is 4.35. The molecule has 1 aliphatic rings. The highest BCUT2D eigenvalue weighted by Crippen LogP contribution is 2.32. The number of anilines is 1. The number of halogens is 1. The molecule has 0 aromatic heterocycles. The molecule has 1 saturated heterocycles. The van der Waals surface area contributed by atoms with Crippen LogP contribution in [0.1, 0.15) is 32.3 Å². The van der Waals surface area contributed by atoms with Crippen LogP contribution in [0.4, 0.5) is 5.69 Å². The predicted molar refractivity (Wildman–Crippen MR) is 90.2 cm³/mol. The zero-order chi connectivity index (χ0) is 15.2. The van der Waals surface area contributed by atoms with Gasteiger partial charge in [-0.1, -0.05) is 18.5 Å². The maximum Gasteiger partial charge on any atom is 0.0587 e. The average molecular weight is 311 g/mol. The lowest BCUT2D eigenvalue weighted by Gasteiger charge is -2.40. The fraction of sp³-hybridized carbons (Fsp3) is 0.647. The first kappa shape index (κ1) is 16.6. The van der Waals surface area contributed by atoms with E-state index < -0.39 is 0 Å². The number of nitrogens with zero attached hydrogens (tertiary/aromatic N) is 1. The Bertz CT molecular complexity index is 452. The Morgan fingerprint density at radius 1 is 1.38 bits per heavy atom. The summed E-state index contributed by atoms with van der Waals surface area (Å²) in [5.74, 6) is 0.740. The quantitative estimate of drug-likeness (QED) is 0.811. The van der Waals surface area contributed by atoms with Crippen molar-refractivity contribution in [1.29, 1.82) is 0 Å². The molecule has 0 amide bonds. The first-order chi connectivity index (χ1) is 10.1. The van der Waals surface area contributed by atoms with Gasteiger partial charge in [-0.25, -0.2) is 0 Å². The Kier molecular flexibility index (Phi) is 6.34. The van der Waals surface area contributed by atoms with Gasteiger partial charge in [0.1, 0.15) is 0 Å². The second kappa shape index (κ2) is 8.02. The number of ether oxygens (including phenoxy) is 1. The van der Waals surface area contributed by atoms with Crippen LogP contribution in [0.3, 0.4) is 0 Å². The standard InChI is InChI=1S/C17H27ClN2O/c1-13-5-4-9-20(14(13)2)17-7-6-16(18)11-15(17)12-19-8-10-21-3/h6-7,11,13-14,19H,4-5,8-10,12H2,1-3H3. The molecule has 0 bridgehead atoms. The molecule has 3 nitrogen and oxygen atoms in total. The van der Waals surface area contributed by atoms with Crippen molar-refractivity contribution in [2.45, 2.75) is 39.3 Å². The second-order valence-corrected chi connectivity index (χ2v) is 6.43. The number of nitrogens with one attached hydrogen (secondary N) is 1. The molecular weight excluding hydrogens is 284 g/mol. The number of rotatable bonds is 6. The van der Waals surface area contributed by atoms with Crippen LogP contribution < -0.4 is 10.2 Å². The van der Waals surface area contributed by atoms with Gasteiger partial charge in [-0.3, -0.25) is 0 Å². The summed E-state index contributed by atoms with van der Waals surface area (Å²) in [6.45, 7) is 8.24. The highest BCUT2D eigenvalue weighted by molar-refractivity contribution is 6.30. The molecular formula is C17H27ClN2O. The Balaban J connectivity index is 2.13. The van der Waals surface area contributed by atoms with E-state index in [1.807, 2.05) is 6.07 Å². The fourth-order valence-electron chi connectivity index (χ4n) is 3.05. The topological polar surface area (TPSA) is 24.5 Å². The number of hydrogen-bond donors (Lipinski definition) is 1. The predicted octanol–water partition coefficient (Wildman–Crippen LogP) is 3.70. The molecule has 1 aromatic rings. The molecule has 1 aromatic carbocycles. The minimum absolute atomic E-state index is 0.581. The van der Waals surface area contributed by atoms with E-state index in [4.69, 9.17) is 16.3 Å². The molecule has 4 heteroatoms. The maximum absolute atomic E-state index is 6.19. The van der Waals surface area contributed by atoms with Crippen molar-refractivity contribution in [3.8, 4) is 0 Å². The summed E-state index contributed by atoms with van der Waals surface area (Å²) in [7, 11) is 1.73. The van der Waals surface area contributed by atoms with Crippen molar-refractivity contribution in [2.24, 2.45) is 5.92 Å². The molecule has 1 N–H and O–H groups in total. The number of piperidine rings is 1. The molecule has 0 saturated carbocycles. The van der Waals surface area contributed by atoms with Crippen molar-refractivity contribution >= 4 is 17.3 Å². The molecule has 2 rings (SSSR count). The Morgan fingerprint density at radius 2 is 2.19 bits per heavy atom. The van der Waals surface area contributed by atoms with Crippen molar-refractivity contribution in [3.63, 3.8) is 0 Å². The second-order valence-electron chi connectivity index (χ2n) is 6.00. The Hall–Kier alpha value is -0.770. The van der Waals surface area contributed by atoms with Crippen LogP contribution in [0.25, 0.3) is 0 Å². The van der Waals surface area contributed by atoms with E-state index in [0.717, 1.165) is 37.2 Å². The van der Waals surface area contributed by atoms with Crippen LogP contribution in [0.2, 0.25) is 5.02 Å². The van der Waals surface area contributed by atoms with Crippen LogP contribution >= 0.6 is 11.6 Å². The van der Waals surface area contributed by atoms with Gasteiger partial charge < -0.3 is 15.0 Å². The van der Waals surface area contributed by atoms with Gasteiger partial charge in [-0.15, -0.1) is 0 Å². The smallest absolute Gasteiger partial charge is 0.0587 e. The van der Waals surface area contributed by atoms with Crippen LogP contribution in [-0.2, 0) is 11.3 Å². The molecule has 118 valence electrons. The Morgan fingerprint density at radius 3 is 2.95 bits per heavy atom. The van der Waals surface area contributed by atoms with Crippen molar-refractivity contribution in [1.82, 2.24) is 5.32 Å². The minimum atomic E-state index is 0.581. The van der Waals surface area contributed by atoms with Crippen molar-refractivity contribution in [3.05, 3.63) is 28.8 Å². The molecule has 2 atom stereocenters. The van der Waals surface area contributed by atoms with Gasteiger partial charge in [0.2, 0.25) is 0 Å². The first-order valence-electron chi connectivity index (χ1n) is 7.88. The van der Waals surface area contributed by atoms with Gasteiger partial charge >= 0.3 is 0 Å². The zero-order valence-corrected chi connectivity index (χ0v) is 14.1. The largest absolute Gasteiger partial charge is 0.383 e. The number of hydrogen-bond acceptors (Lipinski definition) is 3. The van der Waals surface area contributed by atoms with E-state index in [1.54, 1.807) is 7.11 Å². The van der Waals surface area contributed by atoms with E-state index in [0.29, 0.717) is 6.04 Å². The third-order valence-corrected chi connectivity index (χ3v) is 4.76. The lowest BCUT2D eigenvalue weighted by molar-refractivity contribution is 0.199. The summed E-state index contributed by atoms with van der Waals surface area (Å²) in [6.07, 6.45) is 2.59. The average Bonchev–Trinajstić information content (AvgIpc) is 2.47. The van der Waals surface area contributed by atoms with Crippen LogP contribution in [0.5, 0.6) is 0 Å². The summed E-state index contributed by atoms with van der Waals surface area (Å²) in [5, 5.41) is 4.23. The maximum atomic E-state index is 6.19. The SMILES string of the molecule is COCCNCc1cc(Cl)ccc1N1CCCC(C)C1C. The van der Waals surface area contributed by atoms with E-state index in [-0.39, 0.29) is 0 Å². The molecule has 1 fully saturated rings.